The van der Waals surface area contributed by atoms with E-state index in [0.29, 0.717) is 25.6 Å². The van der Waals surface area contributed by atoms with Gasteiger partial charge in [0.05, 0.1) is 17.8 Å². The van der Waals surface area contributed by atoms with E-state index < -0.39 is 0 Å². The van der Waals surface area contributed by atoms with E-state index in [1.165, 1.54) is 11.3 Å². The van der Waals surface area contributed by atoms with Gasteiger partial charge in [0.25, 0.3) is 0 Å². The minimum Gasteiger partial charge on any atom is -0.493 e. The van der Waals surface area contributed by atoms with Gasteiger partial charge in [0, 0.05) is 34.8 Å². The number of carbonyl (C=O) groups is 1. The number of likely N-dealkylation sites (tertiary alicyclic amines) is 1. The molecule has 27 heavy (non-hydrogen) atoms. The zero-order valence-corrected chi connectivity index (χ0v) is 16.2. The number of amides is 1. The van der Waals surface area contributed by atoms with Crippen molar-refractivity contribution in [3.05, 3.63) is 58.0 Å². The Bertz CT molecular complexity index is 932. The second-order valence-electron chi connectivity index (χ2n) is 6.57. The fraction of sp³-hybridized carbons (Fsp3) is 0.300. The molecule has 1 amide bonds. The van der Waals surface area contributed by atoms with E-state index in [2.05, 4.69) is 4.98 Å². The summed E-state index contributed by atoms with van der Waals surface area (Å²) in [4.78, 5) is 18.0. The van der Waals surface area contributed by atoms with Gasteiger partial charge in [-0.1, -0.05) is 23.7 Å². The summed E-state index contributed by atoms with van der Waals surface area (Å²) < 4.78 is 11.3. The first-order chi connectivity index (χ1) is 13.2. The van der Waals surface area contributed by atoms with Gasteiger partial charge in [-0.2, -0.15) is 0 Å². The molecule has 1 aromatic heterocycles. The molecule has 0 radical (unpaired) electrons. The number of thiazole rings is 1. The highest BCUT2D eigenvalue weighted by Crippen LogP contribution is 2.27. The zero-order valence-electron chi connectivity index (χ0n) is 14.6. The Morgan fingerprint density at radius 2 is 2.26 bits per heavy atom. The van der Waals surface area contributed by atoms with Crippen molar-refractivity contribution in [2.75, 3.05) is 19.7 Å². The molecule has 5 nitrogen and oxygen atoms in total. The summed E-state index contributed by atoms with van der Waals surface area (Å²) in [7, 11) is 0. The highest BCUT2D eigenvalue weighted by atomic mass is 35.5. The van der Waals surface area contributed by atoms with Crippen LogP contribution >= 0.6 is 22.9 Å². The Morgan fingerprint density at radius 1 is 1.33 bits per heavy atom. The Labute approximate surface area is 166 Å². The van der Waals surface area contributed by atoms with Crippen molar-refractivity contribution in [3.8, 4) is 5.75 Å². The number of nitrogens with zero attached hydrogens (tertiary/aromatic N) is 2. The van der Waals surface area contributed by atoms with Gasteiger partial charge in [-0.3, -0.25) is 0 Å². The molecular weight excluding hydrogens is 384 g/mol. The maximum atomic E-state index is 12.2. The summed E-state index contributed by atoms with van der Waals surface area (Å²) in [5, 5.41) is 4.69. The van der Waals surface area contributed by atoms with E-state index in [-0.39, 0.29) is 12.7 Å². The van der Waals surface area contributed by atoms with E-state index in [0.717, 1.165) is 33.7 Å². The predicted molar refractivity (Wildman–Crippen MR) is 106 cm³/mol. The molecule has 2 aromatic carbocycles. The lowest BCUT2D eigenvalue weighted by Crippen LogP contribution is -2.30. The Balaban J connectivity index is 1.28. The van der Waals surface area contributed by atoms with E-state index in [9.17, 15) is 4.79 Å². The molecule has 1 atom stereocenters. The lowest BCUT2D eigenvalue weighted by Gasteiger charge is -2.16. The number of ether oxygens (including phenoxy) is 2. The van der Waals surface area contributed by atoms with Crippen LogP contribution in [0.2, 0.25) is 5.02 Å². The van der Waals surface area contributed by atoms with Crippen LogP contribution < -0.4 is 4.74 Å². The van der Waals surface area contributed by atoms with Gasteiger partial charge < -0.3 is 14.4 Å². The molecule has 1 aliphatic rings. The summed E-state index contributed by atoms with van der Waals surface area (Å²) in [6, 6.07) is 11.7. The van der Waals surface area contributed by atoms with Crippen LogP contribution in [-0.2, 0) is 11.3 Å². The SMILES string of the molecule is O=C(OCc1cscn1)N1CCC(COc2ccc3c(Cl)cccc3c2)C1. The van der Waals surface area contributed by atoms with Crippen molar-refractivity contribution in [3.63, 3.8) is 0 Å². The Hall–Kier alpha value is -2.31. The number of carbonyl (C=O) groups excluding carboxylic acids is 1. The van der Waals surface area contributed by atoms with Gasteiger partial charge in [-0.15, -0.1) is 11.3 Å². The topological polar surface area (TPSA) is 51.7 Å². The first-order valence-electron chi connectivity index (χ1n) is 8.79. The first-order valence-corrected chi connectivity index (χ1v) is 10.1. The molecule has 2 heterocycles. The zero-order chi connectivity index (χ0) is 18.6. The lowest BCUT2D eigenvalue weighted by molar-refractivity contribution is 0.101. The smallest absolute Gasteiger partial charge is 0.410 e. The minimum absolute atomic E-state index is 0.222. The molecule has 0 saturated carbocycles. The van der Waals surface area contributed by atoms with Crippen LogP contribution in [0.25, 0.3) is 10.8 Å². The second kappa shape index (κ2) is 8.15. The van der Waals surface area contributed by atoms with Crippen molar-refractivity contribution in [1.29, 1.82) is 0 Å². The molecule has 7 heteroatoms. The van der Waals surface area contributed by atoms with Gasteiger partial charge in [-0.25, -0.2) is 9.78 Å². The van der Waals surface area contributed by atoms with Gasteiger partial charge in [0.15, 0.2) is 0 Å². The maximum absolute atomic E-state index is 12.2. The molecule has 4 rings (SSSR count). The normalized spacial score (nSPS) is 16.6. The van der Waals surface area contributed by atoms with Gasteiger partial charge in [0.2, 0.25) is 0 Å². The summed E-state index contributed by atoms with van der Waals surface area (Å²) in [5.74, 6) is 1.11. The molecule has 0 bridgehead atoms. The second-order valence-corrected chi connectivity index (χ2v) is 7.69. The molecule has 0 N–H and O–H groups in total. The van der Waals surface area contributed by atoms with Crippen LogP contribution in [0.1, 0.15) is 12.1 Å². The third-order valence-corrected chi connectivity index (χ3v) is 5.62. The van der Waals surface area contributed by atoms with Gasteiger partial charge in [0.1, 0.15) is 12.4 Å². The highest BCUT2D eigenvalue weighted by Gasteiger charge is 2.27. The van der Waals surface area contributed by atoms with Gasteiger partial charge in [-0.05, 0) is 36.1 Å². The van der Waals surface area contributed by atoms with E-state index >= 15 is 0 Å². The molecule has 0 spiro atoms. The van der Waals surface area contributed by atoms with Gasteiger partial charge >= 0.3 is 6.09 Å². The van der Waals surface area contributed by atoms with Crippen molar-refractivity contribution in [1.82, 2.24) is 9.88 Å². The lowest BCUT2D eigenvalue weighted by atomic mass is 10.1. The quantitative estimate of drug-likeness (QED) is 0.603. The monoisotopic (exact) mass is 402 g/mol. The molecule has 0 aliphatic carbocycles. The van der Waals surface area contributed by atoms with Crippen LogP contribution in [-0.4, -0.2) is 35.7 Å². The summed E-state index contributed by atoms with van der Waals surface area (Å²) in [6.07, 6.45) is 0.622. The summed E-state index contributed by atoms with van der Waals surface area (Å²) >= 11 is 7.69. The van der Waals surface area contributed by atoms with E-state index in [1.807, 2.05) is 41.8 Å². The van der Waals surface area contributed by atoms with Crippen molar-refractivity contribution >= 4 is 39.8 Å². The average molecular weight is 403 g/mol. The van der Waals surface area contributed by atoms with Crippen LogP contribution in [0.3, 0.4) is 0 Å². The molecular formula is C20H19ClN2O3S. The molecule has 1 unspecified atom stereocenters. The number of hydrogen-bond donors (Lipinski definition) is 0. The number of aromatic nitrogens is 1. The Morgan fingerprint density at radius 3 is 3.11 bits per heavy atom. The fourth-order valence-corrected chi connectivity index (χ4v) is 3.98. The molecule has 1 saturated heterocycles. The van der Waals surface area contributed by atoms with E-state index in [4.69, 9.17) is 21.1 Å². The van der Waals surface area contributed by atoms with Crippen molar-refractivity contribution in [2.45, 2.75) is 13.0 Å². The minimum atomic E-state index is -0.286. The summed E-state index contributed by atoms with van der Waals surface area (Å²) in [5.41, 5.74) is 2.51. The number of hydrogen-bond acceptors (Lipinski definition) is 5. The number of benzene rings is 2. The molecule has 3 aromatic rings. The Kier molecular flexibility index (Phi) is 5.45. The maximum Gasteiger partial charge on any atom is 0.410 e. The van der Waals surface area contributed by atoms with Crippen LogP contribution in [0.5, 0.6) is 5.75 Å². The standard InChI is InChI=1S/C20H19ClN2O3S/c21-19-3-1-2-15-8-17(4-5-18(15)19)25-10-14-6-7-23(9-14)20(24)26-11-16-12-27-13-22-16/h1-5,8,12-14H,6-7,9-11H2. The van der Waals surface area contributed by atoms with Crippen LogP contribution in [0.4, 0.5) is 4.79 Å². The molecule has 1 fully saturated rings. The third kappa shape index (κ3) is 4.34. The fourth-order valence-electron chi connectivity index (χ4n) is 3.20. The summed E-state index contributed by atoms with van der Waals surface area (Å²) in [6.45, 7) is 2.13. The number of rotatable bonds is 5. The number of halogens is 1. The predicted octanol–water partition coefficient (Wildman–Crippen LogP) is 4.99. The molecule has 1 aliphatic heterocycles. The van der Waals surface area contributed by atoms with Crippen molar-refractivity contribution < 1.29 is 14.3 Å². The van der Waals surface area contributed by atoms with Crippen molar-refractivity contribution in [2.24, 2.45) is 5.92 Å². The number of fused-ring (bicyclic) bond motifs is 1. The van der Waals surface area contributed by atoms with Crippen LogP contribution in [0.15, 0.2) is 47.3 Å². The molecule has 140 valence electrons. The van der Waals surface area contributed by atoms with Crippen LogP contribution in [0, 0.1) is 5.92 Å². The highest BCUT2D eigenvalue weighted by molar-refractivity contribution is 7.07. The van der Waals surface area contributed by atoms with E-state index in [1.54, 1.807) is 10.4 Å². The average Bonchev–Trinajstić information content (AvgIpc) is 3.36. The largest absolute Gasteiger partial charge is 0.493 e. The third-order valence-electron chi connectivity index (χ3n) is 4.66. The first kappa shape index (κ1) is 18.1.